The van der Waals surface area contributed by atoms with Crippen LogP contribution in [0.3, 0.4) is 0 Å². The van der Waals surface area contributed by atoms with E-state index < -0.39 is 0 Å². The molecule has 5 rings (SSSR count). The molecule has 31 heavy (non-hydrogen) atoms. The third kappa shape index (κ3) is 3.66. The summed E-state index contributed by atoms with van der Waals surface area (Å²) in [5, 5.41) is 11.7. The molecule has 0 saturated carbocycles. The lowest BCUT2D eigenvalue weighted by Crippen LogP contribution is -2.13. The van der Waals surface area contributed by atoms with Crippen molar-refractivity contribution < 1.29 is 4.79 Å². The van der Waals surface area contributed by atoms with Gasteiger partial charge in [0.25, 0.3) is 5.91 Å². The van der Waals surface area contributed by atoms with Crippen LogP contribution in [0.15, 0.2) is 73.2 Å². The molecular formula is C23H19N7O. The van der Waals surface area contributed by atoms with Crippen molar-refractivity contribution in [2.45, 2.75) is 13.8 Å². The van der Waals surface area contributed by atoms with Crippen molar-refractivity contribution in [3.05, 3.63) is 90.1 Å². The van der Waals surface area contributed by atoms with Gasteiger partial charge < -0.3 is 5.32 Å². The summed E-state index contributed by atoms with van der Waals surface area (Å²) in [6.45, 7) is 3.92. The highest BCUT2D eigenvalue weighted by Gasteiger charge is 2.18. The number of anilines is 1. The number of nitrogens with one attached hydrogen (secondary N) is 1. The minimum absolute atomic E-state index is 0.289. The Hall–Kier alpha value is -4.33. The lowest BCUT2D eigenvalue weighted by Gasteiger charge is -2.07. The van der Waals surface area contributed by atoms with E-state index in [1.165, 1.54) is 6.33 Å². The highest BCUT2D eigenvalue weighted by atomic mass is 16.2. The summed E-state index contributed by atoms with van der Waals surface area (Å²) < 4.78 is 3.36. The number of aryl methyl sites for hydroxylation is 2. The first-order chi connectivity index (χ1) is 15.1. The van der Waals surface area contributed by atoms with Crippen molar-refractivity contribution >= 4 is 17.2 Å². The Bertz CT molecular complexity index is 1400. The van der Waals surface area contributed by atoms with Crippen LogP contribution in [-0.4, -0.2) is 35.3 Å². The molecule has 8 nitrogen and oxygen atoms in total. The van der Waals surface area contributed by atoms with Crippen LogP contribution < -0.4 is 5.32 Å². The molecule has 0 radical (unpaired) electrons. The molecule has 1 aromatic carbocycles. The van der Waals surface area contributed by atoms with Gasteiger partial charge in [-0.25, -0.2) is 19.2 Å². The van der Waals surface area contributed by atoms with Gasteiger partial charge in [0.05, 0.1) is 5.69 Å². The number of carbonyl (C=O) groups is 1. The topological polar surface area (TPSA) is 90.0 Å². The van der Waals surface area contributed by atoms with Gasteiger partial charge >= 0.3 is 0 Å². The molecule has 0 fully saturated rings. The summed E-state index contributed by atoms with van der Waals surface area (Å²) in [6, 6.07) is 18.9. The molecule has 0 atom stereocenters. The van der Waals surface area contributed by atoms with E-state index in [0.29, 0.717) is 11.5 Å². The minimum Gasteiger partial charge on any atom is -0.321 e. The van der Waals surface area contributed by atoms with Gasteiger partial charge in [0.15, 0.2) is 17.2 Å². The molecule has 1 N–H and O–H groups in total. The van der Waals surface area contributed by atoms with Gasteiger partial charge in [0.1, 0.15) is 6.33 Å². The number of benzene rings is 1. The second-order valence-corrected chi connectivity index (χ2v) is 7.26. The summed E-state index contributed by atoms with van der Waals surface area (Å²) in [5.74, 6) is 0.335. The summed E-state index contributed by atoms with van der Waals surface area (Å²) in [4.78, 5) is 21.7. The van der Waals surface area contributed by atoms with Gasteiger partial charge in [-0.2, -0.15) is 10.2 Å². The maximum atomic E-state index is 12.9. The highest BCUT2D eigenvalue weighted by molar-refractivity contribution is 6.03. The number of pyridine rings is 2. The van der Waals surface area contributed by atoms with Crippen molar-refractivity contribution in [2.75, 3.05) is 5.32 Å². The molecule has 0 saturated heterocycles. The van der Waals surface area contributed by atoms with E-state index in [9.17, 15) is 4.79 Å². The Morgan fingerprint density at radius 3 is 2.65 bits per heavy atom. The average Bonchev–Trinajstić information content (AvgIpc) is 3.42. The lowest BCUT2D eigenvalue weighted by molar-refractivity contribution is 0.102. The molecule has 1 amide bonds. The summed E-state index contributed by atoms with van der Waals surface area (Å²) in [6.07, 6.45) is 3.35. The van der Waals surface area contributed by atoms with Crippen LogP contribution in [0, 0.1) is 13.8 Å². The molecule has 152 valence electrons. The zero-order valence-corrected chi connectivity index (χ0v) is 17.0. The fourth-order valence-corrected chi connectivity index (χ4v) is 3.32. The van der Waals surface area contributed by atoms with Gasteiger partial charge in [0.2, 0.25) is 0 Å². The molecule has 0 unspecified atom stereocenters. The third-order valence-electron chi connectivity index (χ3n) is 4.91. The minimum atomic E-state index is -0.293. The fraction of sp³-hybridized carbons (Fsp3) is 0.0870. The Labute approximate surface area is 178 Å². The van der Waals surface area contributed by atoms with E-state index in [4.69, 9.17) is 0 Å². The van der Waals surface area contributed by atoms with Crippen molar-refractivity contribution in [3.8, 4) is 17.1 Å². The highest BCUT2D eigenvalue weighted by Crippen LogP contribution is 2.24. The average molecular weight is 409 g/mol. The van der Waals surface area contributed by atoms with Crippen LogP contribution in [0.25, 0.3) is 22.7 Å². The van der Waals surface area contributed by atoms with Gasteiger partial charge in [-0.05, 0) is 56.3 Å². The van der Waals surface area contributed by atoms with Gasteiger partial charge in [-0.1, -0.05) is 23.8 Å². The molecule has 4 heterocycles. The first-order valence-electron chi connectivity index (χ1n) is 9.79. The molecule has 0 aliphatic carbocycles. The van der Waals surface area contributed by atoms with E-state index in [-0.39, 0.29) is 11.6 Å². The predicted molar refractivity (Wildman–Crippen MR) is 117 cm³/mol. The number of hydrogen-bond acceptors (Lipinski definition) is 5. The van der Waals surface area contributed by atoms with Gasteiger partial charge in [-0.3, -0.25) is 4.79 Å². The number of rotatable bonds is 4. The molecule has 0 aliphatic heterocycles. The van der Waals surface area contributed by atoms with Crippen LogP contribution in [0.1, 0.15) is 21.7 Å². The Morgan fingerprint density at radius 1 is 1.00 bits per heavy atom. The van der Waals surface area contributed by atoms with Crippen molar-refractivity contribution in [3.63, 3.8) is 0 Å². The zero-order chi connectivity index (χ0) is 21.4. The normalized spacial score (nSPS) is 11.0. The predicted octanol–water partition coefficient (Wildman–Crippen LogP) is 3.85. The standard InChI is InChI=1S/C23H19N7O/c1-15-6-9-18(10-7-15)27-23(31)19-12-20(17-8-11-21-24-14-25-29(21)13-17)30(28-19)22-5-3-4-16(2)26-22/h3-14H,1-2H3,(H,27,31). The number of hydrogen-bond donors (Lipinski definition) is 1. The Morgan fingerprint density at radius 2 is 1.84 bits per heavy atom. The van der Waals surface area contributed by atoms with Crippen LogP contribution in [0.5, 0.6) is 0 Å². The van der Waals surface area contributed by atoms with E-state index in [2.05, 4.69) is 25.5 Å². The smallest absolute Gasteiger partial charge is 0.276 e. The first kappa shape index (κ1) is 18.7. The molecule has 0 aliphatic rings. The number of carbonyl (C=O) groups excluding carboxylic acids is 1. The van der Waals surface area contributed by atoms with Crippen LogP contribution >= 0.6 is 0 Å². The molecule has 4 aromatic heterocycles. The maximum absolute atomic E-state index is 12.9. The van der Waals surface area contributed by atoms with Crippen molar-refractivity contribution in [1.29, 1.82) is 0 Å². The van der Waals surface area contributed by atoms with E-state index >= 15 is 0 Å². The number of amides is 1. The third-order valence-corrected chi connectivity index (χ3v) is 4.91. The summed E-state index contributed by atoms with van der Waals surface area (Å²) >= 11 is 0. The monoisotopic (exact) mass is 409 g/mol. The number of nitrogens with zero attached hydrogens (tertiary/aromatic N) is 6. The van der Waals surface area contributed by atoms with Crippen LogP contribution in [0.2, 0.25) is 0 Å². The number of fused-ring (bicyclic) bond motifs is 1. The molecular weight excluding hydrogens is 390 g/mol. The largest absolute Gasteiger partial charge is 0.321 e. The van der Waals surface area contributed by atoms with E-state index in [1.54, 1.807) is 15.3 Å². The van der Waals surface area contributed by atoms with Crippen LogP contribution in [-0.2, 0) is 0 Å². The first-order valence-corrected chi connectivity index (χ1v) is 9.79. The number of aromatic nitrogens is 6. The Balaban J connectivity index is 1.59. The second kappa shape index (κ2) is 7.49. The maximum Gasteiger partial charge on any atom is 0.276 e. The van der Waals surface area contributed by atoms with E-state index in [1.807, 2.05) is 74.6 Å². The van der Waals surface area contributed by atoms with Gasteiger partial charge in [-0.15, -0.1) is 0 Å². The van der Waals surface area contributed by atoms with Crippen molar-refractivity contribution in [2.24, 2.45) is 0 Å². The van der Waals surface area contributed by atoms with E-state index in [0.717, 1.165) is 28.2 Å². The molecule has 0 spiro atoms. The lowest BCUT2D eigenvalue weighted by atomic mass is 10.2. The summed E-state index contributed by atoms with van der Waals surface area (Å²) in [7, 11) is 0. The molecule has 5 aromatic rings. The second-order valence-electron chi connectivity index (χ2n) is 7.26. The molecule has 0 bridgehead atoms. The quantitative estimate of drug-likeness (QED) is 0.487. The fourth-order valence-electron chi connectivity index (χ4n) is 3.32. The SMILES string of the molecule is Cc1ccc(NC(=O)c2cc(-c3ccc4ncnn4c3)n(-c3cccc(C)n3)n2)cc1. The van der Waals surface area contributed by atoms with Gasteiger partial charge in [0, 0.05) is 23.1 Å². The zero-order valence-electron chi connectivity index (χ0n) is 17.0. The van der Waals surface area contributed by atoms with Crippen molar-refractivity contribution in [1.82, 2.24) is 29.4 Å². The molecule has 8 heteroatoms. The van der Waals surface area contributed by atoms with Crippen LogP contribution in [0.4, 0.5) is 5.69 Å². The Kier molecular flexibility index (Phi) is 4.51. The summed E-state index contributed by atoms with van der Waals surface area (Å²) in [5.41, 5.74) is 5.28.